The second-order valence-electron chi connectivity index (χ2n) is 5.60. The van der Waals surface area contributed by atoms with Gasteiger partial charge in [-0.2, -0.15) is 13.2 Å². The van der Waals surface area contributed by atoms with E-state index in [1.54, 1.807) is 30.3 Å². The highest BCUT2D eigenvalue weighted by atomic mass is 35.5. The number of halogens is 4. The molecule has 0 fully saturated rings. The minimum absolute atomic E-state index is 0.000213. The zero-order valence-corrected chi connectivity index (χ0v) is 13.9. The second kappa shape index (κ2) is 6.84. The van der Waals surface area contributed by atoms with Crippen LogP contribution in [0, 0.1) is 0 Å². The van der Waals surface area contributed by atoms with Gasteiger partial charge in [0.25, 0.3) is 0 Å². The fourth-order valence-electron chi connectivity index (χ4n) is 2.57. The highest BCUT2D eigenvalue weighted by Gasteiger charge is 2.32. The van der Waals surface area contributed by atoms with Crippen molar-refractivity contribution in [2.24, 2.45) is 0 Å². The van der Waals surface area contributed by atoms with E-state index >= 15 is 0 Å². The van der Waals surface area contributed by atoms with E-state index < -0.39 is 24.3 Å². The van der Waals surface area contributed by atoms with Crippen LogP contribution < -0.4 is 5.32 Å². The van der Waals surface area contributed by atoms with Gasteiger partial charge in [-0.05, 0) is 18.2 Å². The SMILES string of the molecule is O=C(CC(F)(F)F)Nc1c(C(=O)c2ccccc2)[nH]c2cc(Cl)ccc12. The van der Waals surface area contributed by atoms with Crippen LogP contribution >= 0.6 is 11.6 Å². The van der Waals surface area contributed by atoms with Gasteiger partial charge in [0.2, 0.25) is 11.7 Å². The lowest BCUT2D eigenvalue weighted by Crippen LogP contribution is -2.22. The quantitative estimate of drug-likeness (QED) is 0.629. The van der Waals surface area contributed by atoms with Gasteiger partial charge in [-0.15, -0.1) is 0 Å². The van der Waals surface area contributed by atoms with Gasteiger partial charge in [-0.3, -0.25) is 9.59 Å². The fraction of sp³-hybridized carbons (Fsp3) is 0.111. The zero-order chi connectivity index (χ0) is 18.9. The molecule has 2 N–H and O–H groups in total. The maximum absolute atomic E-state index is 12.8. The molecule has 0 saturated heterocycles. The van der Waals surface area contributed by atoms with E-state index in [0.29, 0.717) is 21.5 Å². The summed E-state index contributed by atoms with van der Waals surface area (Å²) in [5.74, 6) is -1.71. The lowest BCUT2D eigenvalue weighted by molar-refractivity contribution is -0.150. The van der Waals surface area contributed by atoms with Crippen molar-refractivity contribution in [2.75, 3.05) is 5.32 Å². The first-order valence-electron chi connectivity index (χ1n) is 7.52. The number of aromatic nitrogens is 1. The zero-order valence-electron chi connectivity index (χ0n) is 13.2. The molecule has 1 amide bonds. The molecule has 1 heterocycles. The summed E-state index contributed by atoms with van der Waals surface area (Å²) in [6.45, 7) is 0. The van der Waals surface area contributed by atoms with Crippen molar-refractivity contribution in [1.82, 2.24) is 4.98 Å². The minimum atomic E-state index is -4.65. The van der Waals surface area contributed by atoms with Crippen molar-refractivity contribution in [1.29, 1.82) is 0 Å². The molecule has 0 atom stereocenters. The molecule has 0 saturated carbocycles. The molecule has 0 aliphatic rings. The molecule has 4 nitrogen and oxygen atoms in total. The first-order chi connectivity index (χ1) is 12.2. The van der Waals surface area contributed by atoms with Crippen LogP contribution in [0.25, 0.3) is 10.9 Å². The average Bonchev–Trinajstić information content (AvgIpc) is 2.90. The summed E-state index contributed by atoms with van der Waals surface area (Å²) in [6.07, 6.45) is -6.30. The number of amides is 1. The smallest absolute Gasteiger partial charge is 0.350 e. The molecule has 2 aromatic carbocycles. The summed E-state index contributed by atoms with van der Waals surface area (Å²) >= 11 is 5.93. The predicted molar refractivity (Wildman–Crippen MR) is 92.5 cm³/mol. The van der Waals surface area contributed by atoms with E-state index in [1.165, 1.54) is 18.2 Å². The maximum atomic E-state index is 12.8. The van der Waals surface area contributed by atoms with Crippen LogP contribution in [0.4, 0.5) is 18.9 Å². The molecule has 0 aliphatic carbocycles. The number of aromatic amines is 1. The van der Waals surface area contributed by atoms with E-state index in [2.05, 4.69) is 10.3 Å². The van der Waals surface area contributed by atoms with Crippen molar-refractivity contribution in [3.63, 3.8) is 0 Å². The Kier molecular flexibility index (Phi) is 4.73. The Morgan fingerprint density at radius 3 is 2.42 bits per heavy atom. The number of hydrogen-bond acceptors (Lipinski definition) is 2. The summed E-state index contributed by atoms with van der Waals surface area (Å²) in [5.41, 5.74) is 0.749. The summed E-state index contributed by atoms with van der Waals surface area (Å²) in [5, 5.41) is 2.98. The van der Waals surface area contributed by atoms with Crippen molar-refractivity contribution in [3.05, 3.63) is 64.8 Å². The average molecular weight is 381 g/mol. The predicted octanol–water partition coefficient (Wildman–Crippen LogP) is 4.94. The Labute approximate surface area is 151 Å². The molecular weight excluding hydrogens is 369 g/mol. The number of benzene rings is 2. The molecule has 8 heteroatoms. The van der Waals surface area contributed by atoms with Crippen molar-refractivity contribution in [3.8, 4) is 0 Å². The molecule has 3 aromatic rings. The van der Waals surface area contributed by atoms with Crippen molar-refractivity contribution >= 4 is 39.9 Å². The van der Waals surface area contributed by atoms with Crippen molar-refractivity contribution in [2.45, 2.75) is 12.6 Å². The molecule has 26 heavy (non-hydrogen) atoms. The van der Waals surface area contributed by atoms with Crippen LogP contribution in [0.5, 0.6) is 0 Å². The summed E-state index contributed by atoms with van der Waals surface area (Å²) in [4.78, 5) is 27.4. The summed E-state index contributed by atoms with van der Waals surface area (Å²) in [7, 11) is 0. The fourth-order valence-corrected chi connectivity index (χ4v) is 2.74. The minimum Gasteiger partial charge on any atom is -0.350 e. The molecule has 0 unspecified atom stereocenters. The van der Waals surface area contributed by atoms with Crippen molar-refractivity contribution < 1.29 is 22.8 Å². The molecule has 0 radical (unpaired) electrons. The van der Waals surface area contributed by atoms with Crippen LogP contribution in [0.3, 0.4) is 0 Å². The van der Waals surface area contributed by atoms with Gasteiger partial charge >= 0.3 is 6.18 Å². The highest BCUT2D eigenvalue weighted by Crippen LogP contribution is 2.32. The second-order valence-corrected chi connectivity index (χ2v) is 6.04. The lowest BCUT2D eigenvalue weighted by atomic mass is 10.1. The van der Waals surface area contributed by atoms with Crippen LogP contribution in [0.2, 0.25) is 5.02 Å². The topological polar surface area (TPSA) is 62.0 Å². The molecule has 0 bridgehead atoms. The first kappa shape index (κ1) is 18.0. The third-order valence-corrected chi connectivity index (χ3v) is 3.88. The number of nitrogens with one attached hydrogen (secondary N) is 2. The number of H-pyrrole nitrogens is 1. The maximum Gasteiger partial charge on any atom is 0.397 e. The third kappa shape index (κ3) is 3.88. The number of alkyl halides is 3. The number of anilines is 1. The lowest BCUT2D eigenvalue weighted by Gasteiger charge is -2.09. The number of carbonyl (C=O) groups is 2. The number of hydrogen-bond donors (Lipinski definition) is 2. The third-order valence-electron chi connectivity index (χ3n) is 3.65. The highest BCUT2D eigenvalue weighted by molar-refractivity contribution is 6.31. The van der Waals surface area contributed by atoms with Gasteiger partial charge in [0.15, 0.2) is 0 Å². The van der Waals surface area contributed by atoms with E-state index in [1.807, 2.05) is 0 Å². The normalized spacial score (nSPS) is 11.5. The molecular formula is C18H12ClF3N2O2. The van der Waals surface area contributed by atoms with Gasteiger partial charge in [0.05, 0.1) is 5.69 Å². The molecule has 1 aromatic heterocycles. The van der Waals surface area contributed by atoms with Gasteiger partial charge in [0, 0.05) is 21.5 Å². The van der Waals surface area contributed by atoms with E-state index in [-0.39, 0.29) is 11.4 Å². The van der Waals surface area contributed by atoms with Gasteiger partial charge in [-0.25, -0.2) is 0 Å². The molecule has 0 spiro atoms. The standard InChI is InChI=1S/C18H12ClF3N2O2/c19-11-6-7-12-13(8-11)23-16(17(26)10-4-2-1-3-5-10)15(12)24-14(25)9-18(20,21)22/h1-8,23H,9H2,(H,24,25). The van der Waals surface area contributed by atoms with E-state index in [9.17, 15) is 22.8 Å². The van der Waals surface area contributed by atoms with Gasteiger partial charge in [-0.1, -0.05) is 41.9 Å². The number of rotatable bonds is 4. The summed E-state index contributed by atoms with van der Waals surface area (Å²) < 4.78 is 37.4. The van der Waals surface area contributed by atoms with Crippen LogP contribution in [-0.2, 0) is 4.79 Å². The van der Waals surface area contributed by atoms with E-state index in [4.69, 9.17) is 11.6 Å². The Morgan fingerprint density at radius 2 is 1.77 bits per heavy atom. The largest absolute Gasteiger partial charge is 0.397 e. The van der Waals surface area contributed by atoms with Crippen LogP contribution in [0.1, 0.15) is 22.5 Å². The molecule has 0 aliphatic heterocycles. The van der Waals surface area contributed by atoms with Gasteiger partial charge < -0.3 is 10.3 Å². The Bertz CT molecular complexity index is 981. The number of ketones is 1. The number of fused-ring (bicyclic) bond motifs is 1. The van der Waals surface area contributed by atoms with E-state index in [0.717, 1.165) is 0 Å². The molecule has 3 rings (SSSR count). The molecule has 134 valence electrons. The monoisotopic (exact) mass is 380 g/mol. The van der Waals surface area contributed by atoms with Gasteiger partial charge in [0.1, 0.15) is 12.1 Å². The Hall–Kier alpha value is -2.80. The van der Waals surface area contributed by atoms with Crippen LogP contribution in [-0.4, -0.2) is 22.9 Å². The summed E-state index contributed by atoms with van der Waals surface area (Å²) in [6, 6.07) is 12.8. The Morgan fingerprint density at radius 1 is 1.08 bits per heavy atom. The number of carbonyl (C=O) groups excluding carboxylic acids is 2. The Balaban J connectivity index is 2.07. The van der Waals surface area contributed by atoms with Crippen LogP contribution in [0.15, 0.2) is 48.5 Å². The first-order valence-corrected chi connectivity index (χ1v) is 7.90.